The van der Waals surface area contributed by atoms with Gasteiger partial charge < -0.3 is 15.2 Å². The second-order valence-electron chi connectivity index (χ2n) is 4.44. The Balaban J connectivity index is 1.75. The van der Waals surface area contributed by atoms with Gasteiger partial charge in [0, 0.05) is 23.2 Å². The highest BCUT2D eigenvalue weighted by Gasteiger charge is 2.06. The number of nitrogens with one attached hydrogen (secondary N) is 1. The maximum absolute atomic E-state index is 6.02. The van der Waals surface area contributed by atoms with E-state index in [0.717, 1.165) is 16.5 Å². The van der Waals surface area contributed by atoms with Gasteiger partial charge in [0.05, 0.1) is 12.6 Å². The predicted octanol–water partition coefficient (Wildman–Crippen LogP) is 2.78. The molecule has 0 aliphatic heterocycles. The van der Waals surface area contributed by atoms with Crippen LogP contribution < -0.4 is 15.2 Å². The van der Waals surface area contributed by atoms with Crippen molar-refractivity contribution in [2.75, 3.05) is 12.8 Å². The van der Waals surface area contributed by atoms with Crippen molar-refractivity contribution in [1.29, 1.82) is 0 Å². The monoisotopic (exact) mass is 304 g/mol. The van der Waals surface area contributed by atoms with Gasteiger partial charge in [-0.3, -0.25) is 5.10 Å². The van der Waals surface area contributed by atoms with Crippen LogP contribution in [0, 0.1) is 0 Å². The first-order valence-corrected chi connectivity index (χ1v) is 6.60. The zero-order chi connectivity index (χ0) is 14.8. The average Bonchev–Trinajstić information content (AvgIpc) is 2.86. The number of methoxy groups -OCH3 is 1. The molecule has 2 aromatic heterocycles. The molecular formula is C14H13ClN4O2. The van der Waals surface area contributed by atoms with Crippen LogP contribution in [-0.4, -0.2) is 22.3 Å². The fraction of sp³-hybridized carbons (Fsp3) is 0.143. The van der Waals surface area contributed by atoms with E-state index in [9.17, 15) is 0 Å². The lowest BCUT2D eigenvalue weighted by molar-refractivity contribution is 0.305. The standard InChI is InChI=1S/C14H13ClN4O2/c1-20-14-11(15)4-8(6-17-14)7-21-9-2-3-10-12(5-9)18-19-13(10)16/h2-6H,7H2,1H3,(H3,16,18,19). The van der Waals surface area contributed by atoms with E-state index in [4.69, 9.17) is 26.8 Å². The topological polar surface area (TPSA) is 86.1 Å². The second-order valence-corrected chi connectivity index (χ2v) is 4.85. The molecule has 0 spiro atoms. The van der Waals surface area contributed by atoms with Gasteiger partial charge in [-0.15, -0.1) is 0 Å². The number of fused-ring (bicyclic) bond motifs is 1. The van der Waals surface area contributed by atoms with Crippen molar-refractivity contribution in [3.63, 3.8) is 0 Å². The van der Waals surface area contributed by atoms with Crippen LogP contribution in [0.4, 0.5) is 5.82 Å². The third-order valence-electron chi connectivity index (χ3n) is 3.03. The molecule has 0 saturated heterocycles. The molecule has 0 atom stereocenters. The molecule has 6 nitrogen and oxygen atoms in total. The number of pyridine rings is 1. The second kappa shape index (κ2) is 5.49. The van der Waals surface area contributed by atoms with Crippen molar-refractivity contribution in [2.45, 2.75) is 6.61 Å². The fourth-order valence-corrected chi connectivity index (χ4v) is 2.24. The van der Waals surface area contributed by atoms with Crippen LogP contribution in [0.2, 0.25) is 5.02 Å². The van der Waals surface area contributed by atoms with Gasteiger partial charge in [0.2, 0.25) is 5.88 Å². The minimum absolute atomic E-state index is 0.353. The lowest BCUT2D eigenvalue weighted by Crippen LogP contribution is -1.97. The number of nitrogens with two attached hydrogens (primary N) is 1. The van der Waals surface area contributed by atoms with Crippen molar-refractivity contribution in [3.8, 4) is 11.6 Å². The highest BCUT2D eigenvalue weighted by molar-refractivity contribution is 6.31. The van der Waals surface area contributed by atoms with Crippen LogP contribution in [0.15, 0.2) is 30.5 Å². The van der Waals surface area contributed by atoms with Crippen molar-refractivity contribution in [1.82, 2.24) is 15.2 Å². The molecule has 2 heterocycles. The smallest absolute Gasteiger partial charge is 0.232 e. The molecule has 1 aromatic carbocycles. The normalized spacial score (nSPS) is 10.8. The summed E-state index contributed by atoms with van der Waals surface area (Å²) in [5.41, 5.74) is 7.40. The number of aromatic nitrogens is 3. The van der Waals surface area contributed by atoms with Crippen molar-refractivity contribution >= 4 is 28.3 Å². The van der Waals surface area contributed by atoms with Gasteiger partial charge in [-0.1, -0.05) is 11.6 Å². The third kappa shape index (κ3) is 2.71. The summed E-state index contributed by atoms with van der Waals surface area (Å²) < 4.78 is 10.7. The summed E-state index contributed by atoms with van der Waals surface area (Å²) in [6.07, 6.45) is 1.66. The number of H-pyrrole nitrogens is 1. The van der Waals surface area contributed by atoms with Gasteiger partial charge in [0.25, 0.3) is 0 Å². The number of rotatable bonds is 4. The van der Waals surface area contributed by atoms with Crippen LogP contribution in [0.3, 0.4) is 0 Å². The molecule has 3 aromatic rings. The van der Waals surface area contributed by atoms with Crippen molar-refractivity contribution in [3.05, 3.63) is 41.0 Å². The lowest BCUT2D eigenvalue weighted by Gasteiger charge is -2.08. The molecule has 0 amide bonds. The Labute approximate surface area is 125 Å². The SMILES string of the molecule is COc1ncc(COc2ccc3c(N)n[nH]c3c2)cc1Cl. The Morgan fingerprint density at radius 3 is 2.95 bits per heavy atom. The van der Waals surface area contributed by atoms with Crippen LogP contribution in [0.5, 0.6) is 11.6 Å². The number of nitrogen functional groups attached to an aromatic ring is 1. The molecule has 0 aliphatic carbocycles. The number of halogens is 1. The van der Waals surface area contributed by atoms with Gasteiger partial charge in [-0.2, -0.15) is 5.10 Å². The Kier molecular flexibility index (Phi) is 3.53. The maximum atomic E-state index is 6.02. The quantitative estimate of drug-likeness (QED) is 0.774. The van der Waals surface area contributed by atoms with E-state index in [-0.39, 0.29) is 0 Å². The highest BCUT2D eigenvalue weighted by atomic mass is 35.5. The molecule has 0 fully saturated rings. The number of aromatic amines is 1. The largest absolute Gasteiger partial charge is 0.489 e. The molecule has 0 aliphatic rings. The number of hydrogen-bond donors (Lipinski definition) is 2. The molecule has 108 valence electrons. The van der Waals surface area contributed by atoms with Crippen molar-refractivity contribution < 1.29 is 9.47 Å². The molecule has 0 radical (unpaired) electrons. The number of hydrogen-bond acceptors (Lipinski definition) is 5. The van der Waals surface area contributed by atoms with E-state index < -0.39 is 0 Å². The molecule has 7 heteroatoms. The predicted molar refractivity (Wildman–Crippen MR) is 80.6 cm³/mol. The minimum atomic E-state index is 0.353. The molecule has 21 heavy (non-hydrogen) atoms. The number of anilines is 1. The highest BCUT2D eigenvalue weighted by Crippen LogP contribution is 2.25. The lowest BCUT2D eigenvalue weighted by atomic mass is 10.2. The van der Waals surface area contributed by atoms with Crippen LogP contribution in [0.25, 0.3) is 10.9 Å². The Bertz CT molecular complexity index is 788. The number of ether oxygens (including phenoxy) is 2. The average molecular weight is 305 g/mol. The zero-order valence-electron chi connectivity index (χ0n) is 11.3. The van der Waals surface area contributed by atoms with Gasteiger partial charge in [0.1, 0.15) is 17.4 Å². The summed E-state index contributed by atoms with van der Waals surface area (Å²) in [5.74, 6) is 1.58. The summed E-state index contributed by atoms with van der Waals surface area (Å²) >= 11 is 6.02. The molecule has 3 N–H and O–H groups in total. The minimum Gasteiger partial charge on any atom is -0.489 e. The summed E-state index contributed by atoms with van der Waals surface area (Å²) in [7, 11) is 1.52. The summed E-state index contributed by atoms with van der Waals surface area (Å²) in [6.45, 7) is 0.353. The van der Waals surface area contributed by atoms with Crippen LogP contribution in [-0.2, 0) is 6.61 Å². The van der Waals surface area contributed by atoms with E-state index in [1.54, 1.807) is 12.3 Å². The fourth-order valence-electron chi connectivity index (χ4n) is 1.97. The first kappa shape index (κ1) is 13.5. The Morgan fingerprint density at radius 2 is 2.19 bits per heavy atom. The summed E-state index contributed by atoms with van der Waals surface area (Å²) in [4.78, 5) is 4.10. The van der Waals surface area contributed by atoms with E-state index in [2.05, 4.69) is 15.2 Å². The molecular weight excluding hydrogens is 292 g/mol. The van der Waals surface area contributed by atoms with Crippen LogP contribution >= 0.6 is 11.6 Å². The van der Waals surface area contributed by atoms with Gasteiger partial charge in [-0.05, 0) is 18.2 Å². The summed E-state index contributed by atoms with van der Waals surface area (Å²) in [5, 5.41) is 8.11. The third-order valence-corrected chi connectivity index (χ3v) is 3.30. The maximum Gasteiger partial charge on any atom is 0.232 e. The molecule has 0 unspecified atom stereocenters. The Hall–Kier alpha value is -2.47. The van der Waals surface area contributed by atoms with Crippen molar-refractivity contribution in [2.24, 2.45) is 0 Å². The van der Waals surface area contributed by atoms with Gasteiger partial charge in [-0.25, -0.2) is 4.98 Å². The summed E-state index contributed by atoms with van der Waals surface area (Å²) in [6, 6.07) is 7.31. The first-order chi connectivity index (χ1) is 10.2. The van der Waals surface area contributed by atoms with E-state index in [0.29, 0.717) is 29.1 Å². The number of benzene rings is 1. The zero-order valence-corrected chi connectivity index (χ0v) is 12.0. The van der Waals surface area contributed by atoms with E-state index in [1.807, 2.05) is 18.2 Å². The van der Waals surface area contributed by atoms with Crippen LogP contribution in [0.1, 0.15) is 5.56 Å². The van der Waals surface area contributed by atoms with Gasteiger partial charge >= 0.3 is 0 Å². The molecule has 0 saturated carbocycles. The van der Waals surface area contributed by atoms with E-state index >= 15 is 0 Å². The number of nitrogens with zero attached hydrogens (tertiary/aromatic N) is 2. The van der Waals surface area contributed by atoms with E-state index in [1.165, 1.54) is 7.11 Å². The first-order valence-electron chi connectivity index (χ1n) is 6.22. The Morgan fingerprint density at radius 1 is 1.33 bits per heavy atom. The van der Waals surface area contributed by atoms with Gasteiger partial charge in [0.15, 0.2) is 5.82 Å². The molecule has 3 rings (SSSR count). The molecule has 0 bridgehead atoms.